The van der Waals surface area contributed by atoms with Gasteiger partial charge >= 0.3 is 0 Å². The maximum Gasteiger partial charge on any atom is 0.129 e. The molecule has 0 saturated heterocycles. The molecule has 0 amide bonds. The van der Waals surface area contributed by atoms with Gasteiger partial charge in [-0.15, -0.1) is 0 Å². The standard InChI is InChI=1S/C20H30F2/c1-3-5-7-15-9-11-16(12-10-15)17-13-19(21)18(8-6-4-2)20(22)14-17/h13-16H,3-12H2,1-2H3. The van der Waals surface area contributed by atoms with Gasteiger partial charge in [-0.2, -0.15) is 0 Å². The topological polar surface area (TPSA) is 0 Å². The first-order valence-corrected chi connectivity index (χ1v) is 9.13. The molecule has 0 atom stereocenters. The molecule has 1 aliphatic rings. The summed E-state index contributed by atoms with van der Waals surface area (Å²) in [5, 5.41) is 0. The van der Waals surface area contributed by atoms with Crippen LogP contribution < -0.4 is 0 Å². The van der Waals surface area contributed by atoms with E-state index in [2.05, 4.69) is 6.92 Å². The Morgan fingerprint density at radius 2 is 1.50 bits per heavy atom. The van der Waals surface area contributed by atoms with Crippen molar-refractivity contribution in [2.75, 3.05) is 0 Å². The lowest BCUT2D eigenvalue weighted by Crippen LogP contribution is -2.14. The van der Waals surface area contributed by atoms with Gasteiger partial charge in [0.2, 0.25) is 0 Å². The zero-order chi connectivity index (χ0) is 15.9. The van der Waals surface area contributed by atoms with E-state index in [1.54, 1.807) is 12.1 Å². The Morgan fingerprint density at radius 3 is 2.05 bits per heavy atom. The summed E-state index contributed by atoms with van der Waals surface area (Å²) in [4.78, 5) is 0. The number of benzene rings is 1. The second-order valence-corrected chi connectivity index (χ2v) is 6.93. The van der Waals surface area contributed by atoms with Gasteiger partial charge in [0.15, 0.2) is 0 Å². The molecule has 22 heavy (non-hydrogen) atoms. The Morgan fingerprint density at radius 1 is 0.909 bits per heavy atom. The second-order valence-electron chi connectivity index (χ2n) is 6.93. The molecule has 0 unspecified atom stereocenters. The molecule has 0 nitrogen and oxygen atoms in total. The van der Waals surface area contributed by atoms with Crippen molar-refractivity contribution in [1.82, 2.24) is 0 Å². The summed E-state index contributed by atoms with van der Waals surface area (Å²) in [7, 11) is 0. The highest BCUT2D eigenvalue weighted by Gasteiger charge is 2.23. The Balaban J connectivity index is 1.99. The van der Waals surface area contributed by atoms with Crippen LogP contribution in [0.2, 0.25) is 0 Å². The summed E-state index contributed by atoms with van der Waals surface area (Å²) in [5.74, 6) is 0.505. The fraction of sp³-hybridized carbons (Fsp3) is 0.700. The highest BCUT2D eigenvalue weighted by Crippen LogP contribution is 2.38. The van der Waals surface area contributed by atoms with Gasteiger partial charge in [-0.05, 0) is 68.1 Å². The predicted molar refractivity (Wildman–Crippen MR) is 89.2 cm³/mol. The normalized spacial score (nSPS) is 22.0. The van der Waals surface area contributed by atoms with Crippen LogP contribution in [0.25, 0.3) is 0 Å². The average molecular weight is 308 g/mol. The average Bonchev–Trinajstić information content (AvgIpc) is 2.52. The number of unbranched alkanes of at least 4 members (excludes halogenated alkanes) is 2. The molecule has 0 spiro atoms. The van der Waals surface area contributed by atoms with Crippen LogP contribution in [0.3, 0.4) is 0 Å². The van der Waals surface area contributed by atoms with Crippen molar-refractivity contribution in [2.45, 2.75) is 84.0 Å². The number of rotatable bonds is 7. The number of hydrogen-bond acceptors (Lipinski definition) is 0. The smallest absolute Gasteiger partial charge is 0.129 e. The van der Waals surface area contributed by atoms with Crippen molar-refractivity contribution in [3.63, 3.8) is 0 Å². The van der Waals surface area contributed by atoms with Crippen molar-refractivity contribution >= 4 is 0 Å². The van der Waals surface area contributed by atoms with E-state index in [0.29, 0.717) is 12.3 Å². The van der Waals surface area contributed by atoms with E-state index in [1.165, 1.54) is 32.1 Å². The van der Waals surface area contributed by atoms with Crippen LogP contribution in [0.1, 0.15) is 88.7 Å². The molecule has 0 bridgehead atoms. The van der Waals surface area contributed by atoms with E-state index in [0.717, 1.165) is 37.2 Å². The molecule has 0 aromatic heterocycles. The van der Waals surface area contributed by atoms with Gasteiger partial charge in [-0.3, -0.25) is 0 Å². The van der Waals surface area contributed by atoms with Gasteiger partial charge in [0.25, 0.3) is 0 Å². The number of hydrogen-bond donors (Lipinski definition) is 0. The van der Waals surface area contributed by atoms with E-state index in [9.17, 15) is 8.78 Å². The van der Waals surface area contributed by atoms with Crippen molar-refractivity contribution in [1.29, 1.82) is 0 Å². The predicted octanol–water partition coefficient (Wildman–Crippen LogP) is 6.77. The maximum atomic E-state index is 14.2. The third-order valence-electron chi connectivity index (χ3n) is 5.23. The molecular weight excluding hydrogens is 278 g/mol. The highest BCUT2D eigenvalue weighted by molar-refractivity contribution is 5.29. The zero-order valence-electron chi connectivity index (χ0n) is 14.1. The Bertz CT molecular complexity index is 436. The summed E-state index contributed by atoms with van der Waals surface area (Å²) in [6.07, 6.45) is 10.8. The van der Waals surface area contributed by atoms with Gasteiger partial charge in [0, 0.05) is 5.56 Å². The molecule has 2 rings (SSSR count). The molecule has 0 aliphatic heterocycles. The fourth-order valence-corrected chi connectivity index (χ4v) is 3.73. The van der Waals surface area contributed by atoms with Gasteiger partial charge in [-0.1, -0.05) is 39.5 Å². The van der Waals surface area contributed by atoms with Crippen molar-refractivity contribution in [3.8, 4) is 0 Å². The monoisotopic (exact) mass is 308 g/mol. The summed E-state index contributed by atoms with van der Waals surface area (Å²) >= 11 is 0. The fourth-order valence-electron chi connectivity index (χ4n) is 3.73. The SMILES string of the molecule is CCCCc1c(F)cc(C2CCC(CCCC)CC2)cc1F. The van der Waals surface area contributed by atoms with E-state index in [-0.39, 0.29) is 17.2 Å². The third-order valence-corrected chi connectivity index (χ3v) is 5.23. The minimum absolute atomic E-state index is 0.280. The van der Waals surface area contributed by atoms with Crippen LogP contribution in [0.15, 0.2) is 12.1 Å². The Hall–Kier alpha value is -0.920. The molecule has 0 radical (unpaired) electrons. The van der Waals surface area contributed by atoms with Gasteiger partial charge in [-0.25, -0.2) is 8.78 Å². The molecule has 2 heteroatoms. The van der Waals surface area contributed by atoms with Crippen LogP contribution in [-0.4, -0.2) is 0 Å². The van der Waals surface area contributed by atoms with Crippen molar-refractivity contribution in [3.05, 3.63) is 34.9 Å². The Kier molecular flexibility index (Phi) is 6.85. The number of halogens is 2. The van der Waals surface area contributed by atoms with Crippen molar-refractivity contribution in [2.24, 2.45) is 5.92 Å². The van der Waals surface area contributed by atoms with E-state index < -0.39 is 0 Å². The molecule has 0 heterocycles. The first kappa shape index (κ1) is 17.4. The van der Waals surface area contributed by atoms with E-state index >= 15 is 0 Å². The van der Waals surface area contributed by atoms with Crippen LogP contribution in [-0.2, 0) is 6.42 Å². The second kappa shape index (κ2) is 8.64. The van der Waals surface area contributed by atoms with Gasteiger partial charge in [0.1, 0.15) is 11.6 Å². The van der Waals surface area contributed by atoms with Crippen LogP contribution in [0.5, 0.6) is 0 Å². The molecule has 1 aromatic carbocycles. The first-order valence-electron chi connectivity index (χ1n) is 9.13. The van der Waals surface area contributed by atoms with Gasteiger partial charge in [0.05, 0.1) is 0 Å². The van der Waals surface area contributed by atoms with Gasteiger partial charge < -0.3 is 0 Å². The summed E-state index contributed by atoms with van der Waals surface area (Å²) in [6.45, 7) is 4.28. The zero-order valence-corrected chi connectivity index (χ0v) is 14.1. The third kappa shape index (κ3) is 4.54. The first-order chi connectivity index (χ1) is 10.7. The maximum absolute atomic E-state index is 14.2. The molecule has 124 valence electrons. The lowest BCUT2D eigenvalue weighted by molar-refractivity contribution is 0.303. The minimum Gasteiger partial charge on any atom is -0.207 e. The summed E-state index contributed by atoms with van der Waals surface area (Å²) < 4.78 is 28.4. The lowest BCUT2D eigenvalue weighted by Gasteiger charge is -2.29. The molecule has 1 saturated carbocycles. The highest BCUT2D eigenvalue weighted by atomic mass is 19.1. The molecule has 1 fully saturated rings. The van der Waals surface area contributed by atoms with Crippen molar-refractivity contribution < 1.29 is 8.78 Å². The molecule has 1 aliphatic carbocycles. The van der Waals surface area contributed by atoms with Crippen LogP contribution in [0.4, 0.5) is 8.78 Å². The summed E-state index contributed by atoms with van der Waals surface area (Å²) in [5.41, 5.74) is 1.16. The minimum atomic E-state index is -0.337. The largest absolute Gasteiger partial charge is 0.207 e. The van der Waals surface area contributed by atoms with E-state index in [1.807, 2.05) is 6.92 Å². The van der Waals surface area contributed by atoms with Crippen LogP contribution in [0, 0.1) is 17.6 Å². The van der Waals surface area contributed by atoms with E-state index in [4.69, 9.17) is 0 Å². The Labute approximate surface area is 134 Å². The quantitative estimate of drug-likeness (QED) is 0.521. The summed E-state index contributed by atoms with van der Waals surface area (Å²) in [6, 6.07) is 3.20. The molecule has 1 aromatic rings. The molecule has 0 N–H and O–H groups in total. The molecular formula is C20H30F2. The lowest BCUT2D eigenvalue weighted by atomic mass is 9.77. The van der Waals surface area contributed by atoms with Crippen LogP contribution >= 0.6 is 0 Å².